The number of nitro groups is 1. The summed E-state index contributed by atoms with van der Waals surface area (Å²) >= 11 is 0. The maximum Gasteiger partial charge on any atom is 0.305 e. The van der Waals surface area contributed by atoms with Crippen LogP contribution in [0.5, 0.6) is 0 Å². The SMILES string of the molecule is O=C(Cc1cccc(F)c1)c1c(F)ccc([N+](=O)[O-])c1F. The summed E-state index contributed by atoms with van der Waals surface area (Å²) in [5, 5.41) is 10.6. The van der Waals surface area contributed by atoms with Gasteiger partial charge in [0.25, 0.3) is 0 Å². The molecule has 0 bridgehead atoms. The summed E-state index contributed by atoms with van der Waals surface area (Å²) in [6.45, 7) is 0. The van der Waals surface area contributed by atoms with E-state index in [0.29, 0.717) is 12.1 Å². The average Bonchev–Trinajstić information content (AvgIpc) is 2.38. The highest BCUT2D eigenvalue weighted by atomic mass is 19.1. The Bertz CT molecular complexity index is 731. The Morgan fingerprint density at radius 1 is 1.14 bits per heavy atom. The quantitative estimate of drug-likeness (QED) is 0.493. The molecule has 0 atom stereocenters. The van der Waals surface area contributed by atoms with Gasteiger partial charge in [0.05, 0.1) is 10.5 Å². The fourth-order valence-corrected chi connectivity index (χ4v) is 1.86. The first-order valence-electron chi connectivity index (χ1n) is 5.80. The first kappa shape index (κ1) is 14.7. The molecule has 2 aromatic rings. The van der Waals surface area contributed by atoms with Crippen LogP contribution in [0.4, 0.5) is 18.9 Å². The van der Waals surface area contributed by atoms with Crippen molar-refractivity contribution < 1.29 is 22.9 Å². The van der Waals surface area contributed by atoms with Gasteiger partial charge >= 0.3 is 5.69 Å². The number of Topliss-reactive ketones (excluding diaryl/α,β-unsaturated/α-hetero) is 1. The molecule has 0 aromatic heterocycles. The molecule has 2 rings (SSSR count). The Hall–Kier alpha value is -2.70. The van der Waals surface area contributed by atoms with Crippen LogP contribution in [0.3, 0.4) is 0 Å². The lowest BCUT2D eigenvalue weighted by atomic mass is 10.0. The Balaban J connectivity index is 2.39. The molecule has 0 aliphatic carbocycles. The lowest BCUT2D eigenvalue weighted by molar-refractivity contribution is -0.387. The summed E-state index contributed by atoms with van der Waals surface area (Å²) < 4.78 is 40.4. The Morgan fingerprint density at radius 2 is 1.86 bits per heavy atom. The van der Waals surface area contributed by atoms with Crippen molar-refractivity contribution in [1.82, 2.24) is 0 Å². The number of benzene rings is 2. The summed E-state index contributed by atoms with van der Waals surface area (Å²) in [7, 11) is 0. The lowest BCUT2D eigenvalue weighted by Gasteiger charge is -2.05. The second-order valence-electron chi connectivity index (χ2n) is 4.24. The van der Waals surface area contributed by atoms with Crippen molar-refractivity contribution in [2.45, 2.75) is 6.42 Å². The van der Waals surface area contributed by atoms with Crippen LogP contribution in [0, 0.1) is 27.6 Å². The molecule has 0 spiro atoms. The number of carbonyl (C=O) groups excluding carboxylic acids is 1. The maximum absolute atomic E-state index is 13.8. The van der Waals surface area contributed by atoms with Crippen molar-refractivity contribution in [2.24, 2.45) is 0 Å². The van der Waals surface area contributed by atoms with Gasteiger partial charge in [0.1, 0.15) is 11.6 Å². The minimum Gasteiger partial charge on any atom is -0.294 e. The topological polar surface area (TPSA) is 60.2 Å². The molecule has 0 N–H and O–H groups in total. The first-order chi connectivity index (χ1) is 9.90. The zero-order chi connectivity index (χ0) is 15.6. The lowest BCUT2D eigenvalue weighted by Crippen LogP contribution is -2.11. The van der Waals surface area contributed by atoms with Gasteiger partial charge in [-0.1, -0.05) is 12.1 Å². The van der Waals surface area contributed by atoms with E-state index in [4.69, 9.17) is 0 Å². The number of ketones is 1. The van der Waals surface area contributed by atoms with Gasteiger partial charge in [-0.05, 0) is 23.8 Å². The van der Waals surface area contributed by atoms with Crippen LogP contribution >= 0.6 is 0 Å². The molecule has 21 heavy (non-hydrogen) atoms. The van der Waals surface area contributed by atoms with Gasteiger partial charge in [0.2, 0.25) is 5.82 Å². The van der Waals surface area contributed by atoms with Gasteiger partial charge in [-0.3, -0.25) is 14.9 Å². The summed E-state index contributed by atoms with van der Waals surface area (Å²) in [5.41, 5.74) is -1.77. The number of nitro benzene ring substituents is 1. The summed E-state index contributed by atoms with van der Waals surface area (Å²) in [5.74, 6) is -4.32. The zero-order valence-corrected chi connectivity index (χ0v) is 10.5. The van der Waals surface area contributed by atoms with E-state index in [1.54, 1.807) is 0 Å². The third-order valence-electron chi connectivity index (χ3n) is 2.80. The molecule has 4 nitrogen and oxygen atoms in total. The molecule has 2 aromatic carbocycles. The number of halogens is 3. The number of hydrogen-bond donors (Lipinski definition) is 0. The van der Waals surface area contributed by atoms with Gasteiger partial charge in [-0.15, -0.1) is 0 Å². The smallest absolute Gasteiger partial charge is 0.294 e. The highest BCUT2D eigenvalue weighted by molar-refractivity contribution is 5.98. The number of rotatable bonds is 4. The van der Waals surface area contributed by atoms with E-state index in [1.165, 1.54) is 12.1 Å². The Labute approximate surface area is 117 Å². The zero-order valence-electron chi connectivity index (χ0n) is 10.5. The molecule has 0 saturated carbocycles. The molecule has 0 saturated heterocycles. The van der Waals surface area contributed by atoms with Crippen molar-refractivity contribution >= 4 is 11.5 Å². The molecular formula is C14H8F3NO3. The monoisotopic (exact) mass is 295 g/mol. The van der Waals surface area contributed by atoms with Gasteiger partial charge in [-0.2, -0.15) is 4.39 Å². The van der Waals surface area contributed by atoms with Crippen molar-refractivity contribution in [3.8, 4) is 0 Å². The van der Waals surface area contributed by atoms with E-state index in [1.807, 2.05) is 0 Å². The van der Waals surface area contributed by atoms with E-state index in [2.05, 4.69) is 0 Å². The molecule has 0 aliphatic rings. The summed E-state index contributed by atoms with van der Waals surface area (Å²) in [6, 6.07) is 6.25. The third kappa shape index (κ3) is 3.07. The van der Waals surface area contributed by atoms with Crippen LogP contribution in [0.1, 0.15) is 15.9 Å². The molecule has 0 amide bonds. The van der Waals surface area contributed by atoms with Gasteiger partial charge in [0, 0.05) is 12.5 Å². The summed E-state index contributed by atoms with van der Waals surface area (Å²) in [4.78, 5) is 21.5. The number of carbonyl (C=O) groups is 1. The van der Waals surface area contributed by atoms with Gasteiger partial charge < -0.3 is 0 Å². The van der Waals surface area contributed by atoms with E-state index in [0.717, 1.165) is 12.1 Å². The minimum absolute atomic E-state index is 0.213. The molecule has 0 unspecified atom stereocenters. The van der Waals surface area contributed by atoms with Crippen LogP contribution in [0.25, 0.3) is 0 Å². The van der Waals surface area contributed by atoms with Crippen molar-refractivity contribution in [1.29, 1.82) is 0 Å². The standard InChI is InChI=1S/C14H8F3NO3/c15-9-3-1-2-8(6-9)7-12(19)13-10(16)4-5-11(14(13)17)18(20)21/h1-6H,7H2. The highest BCUT2D eigenvalue weighted by Gasteiger charge is 2.26. The van der Waals surface area contributed by atoms with Crippen molar-refractivity contribution in [3.63, 3.8) is 0 Å². The van der Waals surface area contributed by atoms with Crippen LogP contribution in [0.15, 0.2) is 36.4 Å². The largest absolute Gasteiger partial charge is 0.305 e. The van der Waals surface area contributed by atoms with Gasteiger partial charge in [0.15, 0.2) is 5.78 Å². The molecule has 7 heteroatoms. The normalized spacial score (nSPS) is 10.4. The highest BCUT2D eigenvalue weighted by Crippen LogP contribution is 2.24. The van der Waals surface area contributed by atoms with Crippen LogP contribution in [0.2, 0.25) is 0 Å². The Kier molecular flexibility index (Phi) is 4.02. The van der Waals surface area contributed by atoms with E-state index >= 15 is 0 Å². The second-order valence-corrected chi connectivity index (χ2v) is 4.24. The van der Waals surface area contributed by atoms with Crippen LogP contribution in [-0.4, -0.2) is 10.7 Å². The third-order valence-corrected chi connectivity index (χ3v) is 2.80. The molecule has 108 valence electrons. The fraction of sp³-hybridized carbons (Fsp3) is 0.0714. The minimum atomic E-state index is -1.53. The molecule has 0 aliphatic heterocycles. The fourth-order valence-electron chi connectivity index (χ4n) is 1.86. The predicted octanol–water partition coefficient (Wildman–Crippen LogP) is 3.44. The summed E-state index contributed by atoms with van der Waals surface area (Å²) in [6.07, 6.45) is -0.466. The average molecular weight is 295 g/mol. The molecule has 0 fully saturated rings. The number of hydrogen-bond acceptors (Lipinski definition) is 3. The van der Waals surface area contributed by atoms with E-state index in [9.17, 15) is 28.1 Å². The molecule has 0 radical (unpaired) electrons. The van der Waals surface area contributed by atoms with Crippen molar-refractivity contribution in [3.05, 3.63) is 75.1 Å². The van der Waals surface area contributed by atoms with Crippen molar-refractivity contribution in [2.75, 3.05) is 0 Å². The van der Waals surface area contributed by atoms with Gasteiger partial charge in [-0.25, -0.2) is 8.78 Å². The van der Waals surface area contributed by atoms with E-state index < -0.39 is 45.8 Å². The van der Waals surface area contributed by atoms with E-state index in [-0.39, 0.29) is 5.56 Å². The number of nitrogens with zero attached hydrogens (tertiary/aromatic N) is 1. The van der Waals surface area contributed by atoms with Crippen LogP contribution in [-0.2, 0) is 6.42 Å². The molecular weight excluding hydrogens is 287 g/mol. The Morgan fingerprint density at radius 3 is 2.48 bits per heavy atom. The van der Waals surface area contributed by atoms with Crippen LogP contribution < -0.4 is 0 Å². The predicted molar refractivity (Wildman–Crippen MR) is 67.4 cm³/mol. The molecule has 0 heterocycles. The second kappa shape index (κ2) is 5.74. The maximum atomic E-state index is 13.8. The first-order valence-corrected chi connectivity index (χ1v) is 5.80.